The van der Waals surface area contributed by atoms with Gasteiger partial charge in [0.05, 0.1) is 11.1 Å². The van der Waals surface area contributed by atoms with Gasteiger partial charge in [0.1, 0.15) is 0 Å². The molecular weight excluding hydrogens is 286 g/mol. The van der Waals surface area contributed by atoms with Gasteiger partial charge in [-0.1, -0.05) is 48.4 Å². The van der Waals surface area contributed by atoms with Gasteiger partial charge in [-0.05, 0) is 37.5 Å². The summed E-state index contributed by atoms with van der Waals surface area (Å²) in [5.74, 6) is -0.0120. The molecule has 1 heterocycles. The molecule has 2 aliphatic rings. The van der Waals surface area contributed by atoms with Crippen molar-refractivity contribution in [3.05, 3.63) is 70.8 Å². The number of nitrogens with zero attached hydrogens (tertiary/aromatic N) is 1. The van der Waals surface area contributed by atoms with E-state index < -0.39 is 0 Å². The third kappa shape index (κ3) is 2.19. The SMILES string of the molecule is Cc1ccc([C@H]2CCC[C@H]2N2C(=O)c3ccccc3C2=O)cc1. The van der Waals surface area contributed by atoms with Crippen LogP contribution in [-0.4, -0.2) is 22.8 Å². The predicted molar refractivity (Wildman–Crippen MR) is 88.5 cm³/mol. The van der Waals surface area contributed by atoms with Crippen LogP contribution >= 0.6 is 0 Å². The Kier molecular flexibility index (Phi) is 3.29. The molecule has 1 saturated carbocycles. The molecule has 1 fully saturated rings. The molecule has 0 spiro atoms. The minimum atomic E-state index is -0.130. The van der Waals surface area contributed by atoms with E-state index in [1.165, 1.54) is 16.0 Å². The van der Waals surface area contributed by atoms with Gasteiger partial charge in [-0.3, -0.25) is 14.5 Å². The molecule has 2 aromatic rings. The Morgan fingerprint density at radius 3 is 2.09 bits per heavy atom. The van der Waals surface area contributed by atoms with Gasteiger partial charge in [0.25, 0.3) is 11.8 Å². The monoisotopic (exact) mass is 305 g/mol. The zero-order valence-corrected chi connectivity index (χ0v) is 13.2. The summed E-state index contributed by atoms with van der Waals surface area (Å²) >= 11 is 0. The number of hydrogen-bond acceptors (Lipinski definition) is 2. The van der Waals surface area contributed by atoms with Gasteiger partial charge in [-0.25, -0.2) is 0 Å². The fourth-order valence-corrected chi connectivity index (χ4v) is 3.96. The van der Waals surface area contributed by atoms with E-state index in [4.69, 9.17) is 0 Å². The molecular formula is C20H19NO2. The Morgan fingerprint density at radius 1 is 0.870 bits per heavy atom. The molecule has 3 heteroatoms. The molecule has 2 aromatic carbocycles. The van der Waals surface area contributed by atoms with E-state index in [0.29, 0.717) is 11.1 Å². The number of carbonyl (C=O) groups is 2. The second kappa shape index (κ2) is 5.34. The molecule has 1 aliphatic heterocycles. The quantitative estimate of drug-likeness (QED) is 0.788. The van der Waals surface area contributed by atoms with Crippen molar-refractivity contribution < 1.29 is 9.59 Å². The summed E-state index contributed by atoms with van der Waals surface area (Å²) in [5, 5.41) is 0. The Morgan fingerprint density at radius 2 is 1.48 bits per heavy atom. The summed E-state index contributed by atoms with van der Waals surface area (Å²) in [6.45, 7) is 2.07. The number of aryl methyl sites for hydroxylation is 1. The Balaban J connectivity index is 1.69. The van der Waals surface area contributed by atoms with Crippen LogP contribution in [0.3, 0.4) is 0 Å². The van der Waals surface area contributed by atoms with E-state index >= 15 is 0 Å². The smallest absolute Gasteiger partial charge is 0.261 e. The van der Waals surface area contributed by atoms with Crippen molar-refractivity contribution in [2.24, 2.45) is 0 Å². The maximum Gasteiger partial charge on any atom is 0.261 e. The van der Waals surface area contributed by atoms with Crippen molar-refractivity contribution in [2.45, 2.75) is 38.1 Å². The molecule has 0 bridgehead atoms. The molecule has 0 saturated heterocycles. The van der Waals surface area contributed by atoms with Crippen LogP contribution in [0.25, 0.3) is 0 Å². The number of amides is 2. The van der Waals surface area contributed by atoms with Crippen molar-refractivity contribution in [1.82, 2.24) is 4.90 Å². The highest BCUT2D eigenvalue weighted by Crippen LogP contribution is 2.40. The number of imide groups is 1. The number of fused-ring (bicyclic) bond motifs is 1. The van der Waals surface area contributed by atoms with Crippen LogP contribution in [0, 0.1) is 6.92 Å². The molecule has 0 unspecified atom stereocenters. The van der Waals surface area contributed by atoms with Crippen LogP contribution < -0.4 is 0 Å². The number of benzene rings is 2. The highest BCUT2D eigenvalue weighted by atomic mass is 16.2. The fraction of sp³-hybridized carbons (Fsp3) is 0.300. The van der Waals surface area contributed by atoms with Crippen LogP contribution in [0.1, 0.15) is 57.0 Å². The van der Waals surface area contributed by atoms with Crippen LogP contribution in [-0.2, 0) is 0 Å². The zero-order chi connectivity index (χ0) is 16.0. The maximum absolute atomic E-state index is 12.7. The highest BCUT2D eigenvalue weighted by molar-refractivity contribution is 6.21. The first-order chi connectivity index (χ1) is 11.2. The molecule has 0 radical (unpaired) electrons. The minimum absolute atomic E-state index is 0.0230. The van der Waals surface area contributed by atoms with Crippen molar-refractivity contribution >= 4 is 11.8 Å². The molecule has 0 aromatic heterocycles. The molecule has 1 aliphatic carbocycles. The first-order valence-electron chi connectivity index (χ1n) is 8.20. The van der Waals surface area contributed by atoms with E-state index in [-0.39, 0.29) is 23.8 Å². The third-order valence-corrected chi connectivity index (χ3v) is 5.14. The summed E-state index contributed by atoms with van der Waals surface area (Å²) in [7, 11) is 0. The summed E-state index contributed by atoms with van der Waals surface area (Å²) in [6, 6.07) is 15.6. The van der Waals surface area contributed by atoms with Gasteiger partial charge < -0.3 is 0 Å². The molecule has 23 heavy (non-hydrogen) atoms. The molecule has 2 amide bonds. The summed E-state index contributed by atoms with van der Waals surface area (Å²) in [6.07, 6.45) is 2.97. The largest absolute Gasteiger partial charge is 0.271 e. The Hall–Kier alpha value is -2.42. The molecule has 3 nitrogen and oxygen atoms in total. The summed E-state index contributed by atoms with van der Waals surface area (Å²) < 4.78 is 0. The third-order valence-electron chi connectivity index (χ3n) is 5.14. The van der Waals surface area contributed by atoms with E-state index in [0.717, 1.165) is 19.3 Å². The van der Waals surface area contributed by atoms with E-state index in [1.807, 2.05) is 12.1 Å². The van der Waals surface area contributed by atoms with Gasteiger partial charge in [0.2, 0.25) is 0 Å². The van der Waals surface area contributed by atoms with Gasteiger partial charge in [0.15, 0.2) is 0 Å². The van der Waals surface area contributed by atoms with Crippen LogP contribution in [0.5, 0.6) is 0 Å². The summed E-state index contributed by atoms with van der Waals surface area (Å²) in [4.78, 5) is 27.0. The zero-order valence-electron chi connectivity index (χ0n) is 13.2. The second-order valence-corrected chi connectivity index (χ2v) is 6.54. The van der Waals surface area contributed by atoms with E-state index in [2.05, 4.69) is 31.2 Å². The Bertz CT molecular complexity index is 743. The molecule has 2 atom stereocenters. The normalized spacial score (nSPS) is 23.4. The fourth-order valence-electron chi connectivity index (χ4n) is 3.96. The van der Waals surface area contributed by atoms with Crippen molar-refractivity contribution in [2.75, 3.05) is 0 Å². The van der Waals surface area contributed by atoms with E-state index in [1.54, 1.807) is 12.1 Å². The lowest BCUT2D eigenvalue weighted by Gasteiger charge is -2.28. The predicted octanol–water partition coefficient (Wildman–Crippen LogP) is 3.93. The van der Waals surface area contributed by atoms with Gasteiger partial charge in [-0.2, -0.15) is 0 Å². The second-order valence-electron chi connectivity index (χ2n) is 6.54. The molecule has 4 rings (SSSR count). The average molecular weight is 305 g/mol. The summed E-state index contributed by atoms with van der Waals surface area (Å²) in [5.41, 5.74) is 3.55. The maximum atomic E-state index is 12.7. The van der Waals surface area contributed by atoms with Gasteiger partial charge in [0, 0.05) is 12.0 Å². The number of rotatable bonds is 2. The number of hydrogen-bond donors (Lipinski definition) is 0. The van der Waals surface area contributed by atoms with Gasteiger partial charge in [-0.15, -0.1) is 0 Å². The lowest BCUT2D eigenvalue weighted by molar-refractivity contribution is 0.0574. The van der Waals surface area contributed by atoms with Crippen molar-refractivity contribution in [3.63, 3.8) is 0 Å². The molecule has 116 valence electrons. The standard InChI is InChI=1S/C20H19NO2/c1-13-9-11-14(12-10-13)15-7-4-8-18(15)21-19(22)16-5-2-3-6-17(16)20(21)23/h2-3,5-6,9-12,15,18H,4,7-8H2,1H3/t15-,18-/m1/s1. The molecule has 0 N–H and O–H groups in total. The number of carbonyl (C=O) groups excluding carboxylic acids is 2. The lowest BCUT2D eigenvalue weighted by atomic mass is 9.92. The minimum Gasteiger partial charge on any atom is -0.271 e. The average Bonchev–Trinajstić information content (AvgIpc) is 3.13. The van der Waals surface area contributed by atoms with Crippen LogP contribution in [0.2, 0.25) is 0 Å². The van der Waals surface area contributed by atoms with Gasteiger partial charge >= 0.3 is 0 Å². The van der Waals surface area contributed by atoms with E-state index in [9.17, 15) is 9.59 Å². The lowest BCUT2D eigenvalue weighted by Crippen LogP contribution is -2.41. The van der Waals surface area contributed by atoms with Crippen LogP contribution in [0.4, 0.5) is 0 Å². The van der Waals surface area contributed by atoms with Crippen molar-refractivity contribution in [3.8, 4) is 0 Å². The Labute approximate surface area is 135 Å². The highest BCUT2D eigenvalue weighted by Gasteiger charge is 2.44. The van der Waals surface area contributed by atoms with Crippen LogP contribution in [0.15, 0.2) is 48.5 Å². The first kappa shape index (κ1) is 14.2. The first-order valence-corrected chi connectivity index (χ1v) is 8.20. The topological polar surface area (TPSA) is 37.4 Å². The van der Waals surface area contributed by atoms with Crippen molar-refractivity contribution in [1.29, 1.82) is 0 Å².